The summed E-state index contributed by atoms with van der Waals surface area (Å²) < 4.78 is 46.0. The van der Waals surface area contributed by atoms with Crippen LogP contribution in [-0.2, 0) is 32.1 Å². The number of aromatic nitrogens is 1. The van der Waals surface area contributed by atoms with Crippen LogP contribution in [0, 0.1) is 5.92 Å². The Morgan fingerprint density at radius 3 is 2.17 bits per heavy atom. The van der Waals surface area contributed by atoms with E-state index in [9.17, 15) is 41.9 Å². The Kier molecular flexibility index (Phi) is 12.5. The summed E-state index contributed by atoms with van der Waals surface area (Å²) in [5.74, 6) is -7.12. The molecule has 0 fully saturated rings. The molecule has 1 heterocycles. The van der Waals surface area contributed by atoms with Crippen molar-refractivity contribution in [3.8, 4) is 5.75 Å². The number of carboxylic acids is 1. The van der Waals surface area contributed by atoms with E-state index in [-0.39, 0.29) is 17.5 Å². The highest BCUT2D eigenvalue weighted by molar-refractivity contribution is 6.30. The molecule has 0 aliphatic rings. The Bertz CT molecular complexity index is 1730. The number of amides is 3. The largest absolute Gasteiger partial charge is 0.497 e. The van der Waals surface area contributed by atoms with Crippen LogP contribution in [-0.4, -0.2) is 64.5 Å². The van der Waals surface area contributed by atoms with Gasteiger partial charge in [0.2, 0.25) is 11.8 Å². The number of methoxy groups -OCH3 is 1. The Labute approximate surface area is 277 Å². The lowest BCUT2D eigenvalue weighted by molar-refractivity contribution is -0.175. The second kappa shape index (κ2) is 16.1. The van der Waals surface area contributed by atoms with Crippen molar-refractivity contribution in [1.82, 2.24) is 20.5 Å². The maximum absolute atomic E-state index is 13.8. The first-order valence-corrected chi connectivity index (χ1v) is 14.7. The number of carbonyl (C=O) groups excluding carboxylic acids is 4. The third kappa shape index (κ3) is 10.2. The number of ether oxygens (including phenoxy) is 1. The Morgan fingerprint density at radius 2 is 1.60 bits per heavy atom. The number of Topliss-reactive ketones (excluding diaryl/α,β-unsaturated/α-hetero) is 1. The monoisotopic (exact) mass is 692 g/mol. The minimum Gasteiger partial charge on any atom is -0.497 e. The average Bonchev–Trinajstić information content (AvgIpc) is 3.01. The Balaban J connectivity index is 2.00. The third-order valence-electron chi connectivity index (χ3n) is 7.03. The number of nitrogens with zero attached hydrogens (tertiary/aromatic N) is 1. The normalized spacial score (nSPS) is 13.2. The summed E-state index contributed by atoms with van der Waals surface area (Å²) in [7, 11) is 1.38. The maximum Gasteiger partial charge on any atom is 0.452 e. The van der Waals surface area contributed by atoms with Crippen molar-refractivity contribution in [3.05, 3.63) is 98.9 Å². The lowest BCUT2D eigenvalue weighted by Gasteiger charge is -2.27. The molecule has 0 unspecified atom stereocenters. The number of nitrogens with one attached hydrogen (secondary N) is 3. The number of benzene rings is 2. The highest BCUT2D eigenvalue weighted by Crippen LogP contribution is 2.23. The molecule has 0 radical (unpaired) electrons. The molecule has 0 saturated carbocycles. The van der Waals surface area contributed by atoms with E-state index in [1.165, 1.54) is 51.3 Å². The summed E-state index contributed by atoms with van der Waals surface area (Å²) in [5, 5.41) is 16.5. The molecule has 3 amide bonds. The number of rotatable bonds is 14. The fourth-order valence-electron chi connectivity index (χ4n) is 4.57. The van der Waals surface area contributed by atoms with Gasteiger partial charge in [0, 0.05) is 23.7 Å². The second-order valence-electron chi connectivity index (χ2n) is 10.9. The summed E-state index contributed by atoms with van der Waals surface area (Å²) in [6.45, 7) is 1.89. The molecule has 1 aromatic heterocycles. The number of aliphatic carboxylic acids is 1. The minimum absolute atomic E-state index is 0.109. The fourth-order valence-corrected chi connectivity index (χ4v) is 4.79. The summed E-state index contributed by atoms with van der Waals surface area (Å²) >= 11 is 6.11. The van der Waals surface area contributed by atoms with Crippen LogP contribution in [0.4, 0.5) is 13.2 Å². The third-order valence-corrected chi connectivity index (χ3v) is 7.26. The number of ketones is 1. The van der Waals surface area contributed by atoms with Crippen LogP contribution in [0.2, 0.25) is 5.02 Å². The van der Waals surface area contributed by atoms with Gasteiger partial charge in [-0.25, -0.2) is 0 Å². The van der Waals surface area contributed by atoms with Crippen LogP contribution in [0.5, 0.6) is 5.75 Å². The number of hydrogen-bond donors (Lipinski definition) is 4. The lowest BCUT2D eigenvalue weighted by atomic mass is 9.97. The molecule has 0 aliphatic heterocycles. The van der Waals surface area contributed by atoms with Gasteiger partial charge >= 0.3 is 12.1 Å². The van der Waals surface area contributed by atoms with Crippen LogP contribution in [0.15, 0.2) is 71.7 Å². The topological polar surface area (TPSA) is 173 Å². The van der Waals surface area contributed by atoms with Gasteiger partial charge in [-0.1, -0.05) is 49.7 Å². The van der Waals surface area contributed by atoms with E-state index in [2.05, 4.69) is 16.0 Å². The van der Waals surface area contributed by atoms with Crippen molar-refractivity contribution < 1.29 is 47.0 Å². The summed E-state index contributed by atoms with van der Waals surface area (Å²) in [5.41, 5.74) is -0.286. The molecular weight excluding hydrogens is 661 g/mol. The van der Waals surface area contributed by atoms with E-state index in [1.54, 1.807) is 18.2 Å². The first kappa shape index (κ1) is 37.3. The number of pyridine rings is 1. The van der Waals surface area contributed by atoms with Crippen molar-refractivity contribution in [2.24, 2.45) is 5.92 Å². The van der Waals surface area contributed by atoms with Crippen LogP contribution in [0.25, 0.3) is 0 Å². The van der Waals surface area contributed by atoms with E-state index in [0.717, 1.165) is 22.9 Å². The van der Waals surface area contributed by atoms with Gasteiger partial charge in [-0.3, -0.25) is 28.8 Å². The first-order valence-electron chi connectivity index (χ1n) is 14.3. The SMILES string of the molecule is COc1ccc([C@H](NC(=O)[C@H](Cc2cccc(Cl)c2)NC(=O)c2ccc(=O)n(CC(=O)O)c2)C(=O)N[C@H](C(=O)C(F)(F)F)C(C)C)cc1. The predicted molar refractivity (Wildman–Crippen MR) is 166 cm³/mol. The molecule has 48 heavy (non-hydrogen) atoms. The molecule has 3 rings (SSSR count). The lowest BCUT2D eigenvalue weighted by Crippen LogP contribution is -2.55. The van der Waals surface area contributed by atoms with Crippen LogP contribution in [0.1, 0.15) is 41.4 Å². The van der Waals surface area contributed by atoms with Crippen molar-refractivity contribution >= 4 is 41.1 Å². The molecule has 0 spiro atoms. The average molecular weight is 693 g/mol. The van der Waals surface area contributed by atoms with Gasteiger partial charge < -0.3 is 30.4 Å². The Hall–Kier alpha value is -5.18. The highest BCUT2D eigenvalue weighted by atomic mass is 35.5. The maximum atomic E-state index is 13.8. The van der Waals surface area contributed by atoms with Crippen molar-refractivity contribution in [1.29, 1.82) is 0 Å². The molecule has 0 aliphatic carbocycles. The standard InChI is InChI=1S/C32H32ClF3N4O8/c1-17(2)26(28(44)32(34,35)36)38-31(47)27(19-7-10-22(48-3)11-8-19)39-30(46)23(14-18-5-4-6-21(33)13-18)37-29(45)20-9-12-24(41)40(15-20)16-25(42)43/h4-13,15,17,23,26-27H,14,16H2,1-3H3,(H,37,45)(H,38,47)(H,39,46)(H,42,43)/t23-,26-,27-/m0/s1. The smallest absolute Gasteiger partial charge is 0.452 e. The van der Waals surface area contributed by atoms with Gasteiger partial charge in [-0.05, 0) is 47.4 Å². The van der Waals surface area contributed by atoms with Crippen LogP contribution >= 0.6 is 11.6 Å². The molecular formula is C32H32ClF3N4O8. The van der Waals surface area contributed by atoms with Gasteiger partial charge in [0.05, 0.1) is 18.7 Å². The quantitative estimate of drug-likeness (QED) is 0.200. The molecule has 12 nitrogen and oxygen atoms in total. The zero-order chi connectivity index (χ0) is 35.8. The van der Waals surface area contributed by atoms with Gasteiger partial charge in [0.1, 0.15) is 24.4 Å². The second-order valence-corrected chi connectivity index (χ2v) is 11.4. The van der Waals surface area contributed by atoms with E-state index < -0.39 is 71.8 Å². The van der Waals surface area contributed by atoms with E-state index in [1.807, 2.05) is 0 Å². The number of halogens is 4. The fraction of sp³-hybridized carbons (Fsp3) is 0.312. The van der Waals surface area contributed by atoms with Gasteiger partial charge in [-0.2, -0.15) is 13.2 Å². The minimum atomic E-state index is -5.25. The molecule has 0 saturated heterocycles. The summed E-state index contributed by atoms with van der Waals surface area (Å²) in [4.78, 5) is 76.1. The number of alkyl halides is 3. The first-order chi connectivity index (χ1) is 22.5. The Morgan fingerprint density at radius 1 is 0.938 bits per heavy atom. The van der Waals surface area contributed by atoms with Crippen LogP contribution < -0.4 is 26.2 Å². The molecule has 0 bridgehead atoms. The number of carbonyl (C=O) groups is 5. The van der Waals surface area contributed by atoms with E-state index in [4.69, 9.17) is 21.4 Å². The van der Waals surface area contributed by atoms with Gasteiger partial charge in [-0.15, -0.1) is 0 Å². The van der Waals surface area contributed by atoms with Crippen molar-refractivity contribution in [2.45, 2.75) is 51.1 Å². The van der Waals surface area contributed by atoms with Crippen LogP contribution in [0.3, 0.4) is 0 Å². The molecule has 3 atom stereocenters. The summed E-state index contributed by atoms with van der Waals surface area (Å²) in [6, 6.07) is 8.98. The highest BCUT2D eigenvalue weighted by Gasteiger charge is 2.45. The van der Waals surface area contributed by atoms with Crippen molar-refractivity contribution in [2.75, 3.05) is 7.11 Å². The molecule has 3 aromatic rings. The molecule has 2 aromatic carbocycles. The zero-order valence-corrected chi connectivity index (χ0v) is 26.6. The molecule has 4 N–H and O–H groups in total. The predicted octanol–water partition coefficient (Wildman–Crippen LogP) is 3.07. The summed E-state index contributed by atoms with van der Waals surface area (Å²) in [6.07, 6.45) is -4.44. The van der Waals surface area contributed by atoms with Gasteiger partial charge in [0.25, 0.3) is 17.2 Å². The van der Waals surface area contributed by atoms with Crippen molar-refractivity contribution in [3.63, 3.8) is 0 Å². The zero-order valence-electron chi connectivity index (χ0n) is 25.8. The van der Waals surface area contributed by atoms with E-state index in [0.29, 0.717) is 16.3 Å². The number of carboxylic acid groups (broad SMARTS) is 1. The molecule has 256 valence electrons. The molecule has 16 heteroatoms. The van der Waals surface area contributed by atoms with Gasteiger partial charge in [0.15, 0.2) is 0 Å². The van der Waals surface area contributed by atoms with E-state index >= 15 is 0 Å². The number of hydrogen-bond acceptors (Lipinski definition) is 7.